The summed E-state index contributed by atoms with van der Waals surface area (Å²) in [5.74, 6) is -0.173. The first-order chi connectivity index (χ1) is 10.2. The van der Waals surface area contributed by atoms with E-state index in [9.17, 15) is 4.79 Å². The summed E-state index contributed by atoms with van der Waals surface area (Å²) in [5, 5.41) is 3.91. The van der Waals surface area contributed by atoms with Crippen LogP contribution in [0.25, 0.3) is 10.9 Å². The van der Waals surface area contributed by atoms with Gasteiger partial charge in [0, 0.05) is 11.1 Å². The van der Waals surface area contributed by atoms with Gasteiger partial charge in [-0.3, -0.25) is 4.79 Å². The van der Waals surface area contributed by atoms with Gasteiger partial charge in [0.15, 0.2) is 0 Å². The molecule has 3 heterocycles. The number of carbonyl (C=O) groups excluding carboxylic acids is 1. The molecule has 3 N–H and O–H groups in total. The molecule has 0 radical (unpaired) electrons. The second-order valence-electron chi connectivity index (χ2n) is 5.80. The Balaban J connectivity index is 1.59. The number of anilines is 1. The highest BCUT2D eigenvalue weighted by Crippen LogP contribution is 2.34. The number of nitrogens with zero attached hydrogens (tertiary/aromatic N) is 1. The largest absolute Gasteiger partial charge is 0.398 e. The molecule has 3 atom stereocenters. The lowest BCUT2D eigenvalue weighted by atomic mass is 9.95. The highest BCUT2D eigenvalue weighted by molar-refractivity contribution is 5.99. The Morgan fingerprint density at radius 1 is 1.33 bits per heavy atom. The maximum atomic E-state index is 12.4. The molecule has 3 unspecified atom stereocenters. The van der Waals surface area contributed by atoms with Gasteiger partial charge < -0.3 is 15.8 Å². The fourth-order valence-corrected chi connectivity index (χ4v) is 3.35. The maximum absolute atomic E-state index is 12.4. The van der Waals surface area contributed by atoms with Crippen molar-refractivity contribution in [2.75, 3.05) is 5.73 Å². The van der Waals surface area contributed by atoms with Crippen LogP contribution in [0.1, 0.15) is 29.8 Å². The third-order valence-electron chi connectivity index (χ3n) is 4.40. The van der Waals surface area contributed by atoms with Crippen LogP contribution in [0.3, 0.4) is 0 Å². The highest BCUT2D eigenvalue weighted by atomic mass is 16.5. The monoisotopic (exact) mass is 283 g/mol. The number of ether oxygens (including phenoxy) is 1. The van der Waals surface area contributed by atoms with E-state index in [2.05, 4.69) is 10.3 Å². The Hall–Kier alpha value is -2.14. The number of carbonyl (C=O) groups is 1. The first-order valence-corrected chi connectivity index (χ1v) is 7.32. The lowest BCUT2D eigenvalue weighted by molar-refractivity contribution is 0.0837. The molecule has 2 fully saturated rings. The molecule has 1 aromatic heterocycles. The SMILES string of the molecule is Nc1cc(C(=O)NC2CC3CCC2O3)nc2ccccc12. The number of nitrogens with one attached hydrogen (secondary N) is 1. The van der Waals surface area contributed by atoms with Crippen LogP contribution >= 0.6 is 0 Å². The molecule has 21 heavy (non-hydrogen) atoms. The fraction of sp³-hybridized carbons (Fsp3) is 0.375. The minimum absolute atomic E-state index is 0.103. The molecular weight excluding hydrogens is 266 g/mol. The molecular formula is C16H17N3O2. The van der Waals surface area contributed by atoms with Crippen LogP contribution in [0.5, 0.6) is 0 Å². The number of benzene rings is 1. The molecule has 0 saturated carbocycles. The molecule has 2 aromatic rings. The van der Waals surface area contributed by atoms with Crippen molar-refractivity contribution in [3.8, 4) is 0 Å². The zero-order chi connectivity index (χ0) is 14.4. The average Bonchev–Trinajstić information content (AvgIpc) is 3.10. The van der Waals surface area contributed by atoms with Gasteiger partial charge in [-0.05, 0) is 31.4 Å². The summed E-state index contributed by atoms with van der Waals surface area (Å²) in [5.41, 5.74) is 7.71. The van der Waals surface area contributed by atoms with Crippen molar-refractivity contribution in [3.05, 3.63) is 36.0 Å². The summed E-state index contributed by atoms with van der Waals surface area (Å²) in [4.78, 5) is 16.8. The van der Waals surface area contributed by atoms with Crippen LogP contribution < -0.4 is 11.1 Å². The Bertz CT molecular complexity index is 716. The van der Waals surface area contributed by atoms with Crippen molar-refractivity contribution in [2.45, 2.75) is 37.5 Å². The van der Waals surface area contributed by atoms with E-state index in [1.54, 1.807) is 6.07 Å². The highest BCUT2D eigenvalue weighted by Gasteiger charge is 2.41. The molecule has 2 saturated heterocycles. The van der Waals surface area contributed by atoms with Crippen molar-refractivity contribution < 1.29 is 9.53 Å². The van der Waals surface area contributed by atoms with Gasteiger partial charge in [-0.1, -0.05) is 18.2 Å². The zero-order valence-electron chi connectivity index (χ0n) is 11.6. The molecule has 1 amide bonds. The normalized spacial score (nSPS) is 27.1. The molecule has 2 aliphatic heterocycles. The van der Waals surface area contributed by atoms with E-state index in [0.717, 1.165) is 30.2 Å². The number of hydrogen-bond acceptors (Lipinski definition) is 4. The predicted octanol–water partition coefficient (Wildman–Crippen LogP) is 1.87. The first kappa shape index (κ1) is 12.6. The number of nitrogens with two attached hydrogens (primary N) is 1. The Labute approximate surface area is 122 Å². The quantitative estimate of drug-likeness (QED) is 0.882. The van der Waals surface area contributed by atoms with Gasteiger partial charge in [0.05, 0.1) is 23.8 Å². The molecule has 0 spiro atoms. The van der Waals surface area contributed by atoms with Crippen molar-refractivity contribution >= 4 is 22.5 Å². The molecule has 5 heteroatoms. The van der Waals surface area contributed by atoms with Crippen molar-refractivity contribution in [1.82, 2.24) is 10.3 Å². The minimum Gasteiger partial charge on any atom is -0.398 e. The zero-order valence-corrected chi connectivity index (χ0v) is 11.6. The number of rotatable bonds is 2. The van der Waals surface area contributed by atoms with Crippen LogP contribution in [-0.4, -0.2) is 29.1 Å². The summed E-state index contributed by atoms with van der Waals surface area (Å²) >= 11 is 0. The fourth-order valence-electron chi connectivity index (χ4n) is 3.35. The lowest BCUT2D eigenvalue weighted by Gasteiger charge is -2.20. The Morgan fingerprint density at radius 3 is 2.95 bits per heavy atom. The lowest BCUT2D eigenvalue weighted by Crippen LogP contribution is -2.41. The molecule has 108 valence electrons. The number of amides is 1. The predicted molar refractivity (Wildman–Crippen MR) is 79.9 cm³/mol. The van der Waals surface area contributed by atoms with E-state index >= 15 is 0 Å². The van der Waals surface area contributed by atoms with Crippen LogP contribution in [0.15, 0.2) is 30.3 Å². The number of pyridine rings is 1. The van der Waals surface area contributed by atoms with E-state index in [1.165, 1.54) is 0 Å². The van der Waals surface area contributed by atoms with Crippen molar-refractivity contribution in [2.24, 2.45) is 0 Å². The van der Waals surface area contributed by atoms with Gasteiger partial charge in [-0.15, -0.1) is 0 Å². The van der Waals surface area contributed by atoms with Gasteiger partial charge in [-0.2, -0.15) is 0 Å². The Kier molecular flexibility index (Phi) is 2.82. The van der Waals surface area contributed by atoms with E-state index in [4.69, 9.17) is 10.5 Å². The van der Waals surface area contributed by atoms with Crippen LogP contribution in [0.2, 0.25) is 0 Å². The van der Waals surface area contributed by atoms with Crippen molar-refractivity contribution in [3.63, 3.8) is 0 Å². The smallest absolute Gasteiger partial charge is 0.270 e. The van der Waals surface area contributed by atoms with Crippen LogP contribution in [0.4, 0.5) is 5.69 Å². The molecule has 5 nitrogen and oxygen atoms in total. The van der Waals surface area contributed by atoms with E-state index in [-0.39, 0.29) is 18.1 Å². The average molecular weight is 283 g/mol. The van der Waals surface area contributed by atoms with Gasteiger partial charge in [-0.25, -0.2) is 4.98 Å². The van der Waals surface area contributed by atoms with Crippen LogP contribution in [0, 0.1) is 0 Å². The summed E-state index contributed by atoms with van der Waals surface area (Å²) in [6.07, 6.45) is 3.52. The second-order valence-corrected chi connectivity index (χ2v) is 5.80. The van der Waals surface area contributed by atoms with Gasteiger partial charge >= 0.3 is 0 Å². The number of para-hydroxylation sites is 1. The standard InChI is InChI=1S/C16H17N3O2/c17-11-8-14(18-12-4-2-1-3-10(11)12)16(20)19-13-7-9-5-6-15(13)21-9/h1-4,8-9,13,15H,5-7H2,(H2,17,18)(H,19,20). The van der Waals surface area contributed by atoms with E-state index in [1.807, 2.05) is 24.3 Å². The molecule has 4 rings (SSSR count). The minimum atomic E-state index is -0.173. The Morgan fingerprint density at radius 2 is 2.19 bits per heavy atom. The number of fused-ring (bicyclic) bond motifs is 3. The molecule has 2 bridgehead atoms. The second kappa shape index (κ2) is 4.70. The van der Waals surface area contributed by atoms with Crippen molar-refractivity contribution in [1.29, 1.82) is 0 Å². The first-order valence-electron chi connectivity index (χ1n) is 7.32. The van der Waals surface area contributed by atoms with Gasteiger partial charge in [0.25, 0.3) is 5.91 Å². The molecule has 1 aromatic carbocycles. The third-order valence-corrected chi connectivity index (χ3v) is 4.40. The van der Waals surface area contributed by atoms with E-state index in [0.29, 0.717) is 17.5 Å². The molecule has 2 aliphatic rings. The summed E-state index contributed by atoms with van der Waals surface area (Å²) in [7, 11) is 0. The maximum Gasteiger partial charge on any atom is 0.270 e. The van der Waals surface area contributed by atoms with Gasteiger partial charge in [0.2, 0.25) is 0 Å². The van der Waals surface area contributed by atoms with Gasteiger partial charge in [0.1, 0.15) is 5.69 Å². The summed E-state index contributed by atoms with van der Waals surface area (Å²) < 4.78 is 5.76. The topological polar surface area (TPSA) is 77.2 Å². The number of nitrogen functional groups attached to an aromatic ring is 1. The summed E-state index contributed by atoms with van der Waals surface area (Å²) in [6.45, 7) is 0. The summed E-state index contributed by atoms with van der Waals surface area (Å²) in [6, 6.07) is 9.32. The molecule has 0 aliphatic carbocycles. The number of hydrogen-bond donors (Lipinski definition) is 2. The number of aromatic nitrogens is 1. The van der Waals surface area contributed by atoms with E-state index < -0.39 is 0 Å². The van der Waals surface area contributed by atoms with Crippen LogP contribution in [-0.2, 0) is 4.74 Å². The third kappa shape index (κ3) is 2.14.